The third-order valence-corrected chi connectivity index (χ3v) is 7.15. The number of fused-ring (bicyclic) bond motifs is 1. The fourth-order valence-electron chi connectivity index (χ4n) is 5.33. The van der Waals surface area contributed by atoms with Crippen LogP contribution >= 0.6 is 0 Å². The molecular weight excluding hydrogens is 418 g/mol. The number of ether oxygens (including phenoxy) is 1. The summed E-state index contributed by atoms with van der Waals surface area (Å²) in [6, 6.07) is 5.43. The zero-order valence-electron chi connectivity index (χ0n) is 19.3. The Balaban J connectivity index is 1.30. The first-order valence-electron chi connectivity index (χ1n) is 11.5. The van der Waals surface area contributed by atoms with Crippen LogP contribution < -0.4 is 10.1 Å². The highest BCUT2D eigenvalue weighted by atomic mass is 16.5. The van der Waals surface area contributed by atoms with Gasteiger partial charge < -0.3 is 15.0 Å². The van der Waals surface area contributed by atoms with E-state index in [1.807, 2.05) is 18.5 Å². The number of likely N-dealkylation sites (tertiary alicyclic amines) is 1. The summed E-state index contributed by atoms with van der Waals surface area (Å²) >= 11 is 0. The van der Waals surface area contributed by atoms with Crippen LogP contribution in [0.5, 0.6) is 5.75 Å². The minimum Gasteiger partial charge on any atom is -0.494 e. The molecule has 2 aliphatic rings. The van der Waals surface area contributed by atoms with Crippen molar-refractivity contribution in [3.63, 3.8) is 0 Å². The number of carbonyl (C=O) groups is 1. The Bertz CT molecular complexity index is 1220. The molecule has 1 aliphatic carbocycles. The van der Waals surface area contributed by atoms with Crippen molar-refractivity contribution in [3.8, 4) is 22.9 Å². The SMILES string of the molecule is COc1cc(-c2cnn(C3CCN(C4CC(NC(C)=O)C4)CC3)c2C)cn2ncc(C#N)c12. The number of hydrogen-bond donors (Lipinski definition) is 1. The van der Waals surface area contributed by atoms with Crippen molar-refractivity contribution in [2.45, 2.75) is 57.7 Å². The van der Waals surface area contributed by atoms with Crippen LogP contribution in [-0.2, 0) is 4.79 Å². The van der Waals surface area contributed by atoms with E-state index in [2.05, 4.69) is 33.0 Å². The van der Waals surface area contributed by atoms with Gasteiger partial charge in [-0.2, -0.15) is 15.5 Å². The molecule has 1 amide bonds. The Morgan fingerprint density at radius 2 is 1.97 bits per heavy atom. The van der Waals surface area contributed by atoms with Crippen LogP contribution in [0.2, 0.25) is 0 Å². The van der Waals surface area contributed by atoms with Gasteiger partial charge >= 0.3 is 0 Å². The van der Waals surface area contributed by atoms with Gasteiger partial charge in [-0.15, -0.1) is 0 Å². The van der Waals surface area contributed by atoms with Gasteiger partial charge in [-0.3, -0.25) is 9.48 Å². The summed E-state index contributed by atoms with van der Waals surface area (Å²) in [4.78, 5) is 13.8. The lowest BCUT2D eigenvalue weighted by Crippen LogP contribution is -2.55. The molecule has 0 radical (unpaired) electrons. The molecule has 9 nitrogen and oxygen atoms in total. The molecule has 2 fully saturated rings. The average molecular weight is 448 g/mol. The fourth-order valence-corrected chi connectivity index (χ4v) is 5.33. The van der Waals surface area contributed by atoms with Crippen LogP contribution in [0.25, 0.3) is 16.6 Å². The van der Waals surface area contributed by atoms with E-state index in [4.69, 9.17) is 9.84 Å². The molecule has 3 aromatic rings. The lowest BCUT2D eigenvalue weighted by molar-refractivity contribution is -0.120. The Kier molecular flexibility index (Phi) is 5.54. The van der Waals surface area contributed by atoms with Gasteiger partial charge in [0.25, 0.3) is 0 Å². The highest BCUT2D eigenvalue weighted by molar-refractivity contribution is 5.76. The van der Waals surface area contributed by atoms with Crippen molar-refractivity contribution < 1.29 is 9.53 Å². The van der Waals surface area contributed by atoms with Gasteiger partial charge in [0, 0.05) is 55.1 Å². The van der Waals surface area contributed by atoms with Crippen LogP contribution in [0.15, 0.2) is 24.7 Å². The maximum Gasteiger partial charge on any atom is 0.217 e. The lowest BCUT2D eigenvalue weighted by Gasteiger charge is -2.45. The highest BCUT2D eigenvalue weighted by Crippen LogP contribution is 2.35. The predicted octanol–water partition coefficient (Wildman–Crippen LogP) is 2.69. The van der Waals surface area contributed by atoms with E-state index in [0.717, 1.165) is 55.6 Å². The normalized spacial score (nSPS) is 21.5. The molecular formula is C24H29N7O2. The van der Waals surface area contributed by atoms with Crippen LogP contribution in [-0.4, -0.2) is 62.5 Å². The van der Waals surface area contributed by atoms with E-state index in [-0.39, 0.29) is 5.91 Å². The topological polar surface area (TPSA) is 100 Å². The number of amides is 1. The van der Waals surface area contributed by atoms with Gasteiger partial charge in [0.15, 0.2) is 0 Å². The molecule has 0 atom stereocenters. The summed E-state index contributed by atoms with van der Waals surface area (Å²) in [6.07, 6.45) is 9.65. The van der Waals surface area contributed by atoms with Gasteiger partial charge in [-0.25, -0.2) is 4.52 Å². The van der Waals surface area contributed by atoms with Crippen LogP contribution in [0, 0.1) is 18.3 Å². The minimum absolute atomic E-state index is 0.0666. The van der Waals surface area contributed by atoms with Gasteiger partial charge in [-0.05, 0) is 38.7 Å². The maximum absolute atomic E-state index is 11.2. The monoisotopic (exact) mass is 447 g/mol. The van der Waals surface area contributed by atoms with Gasteiger partial charge in [0.2, 0.25) is 5.91 Å². The van der Waals surface area contributed by atoms with Crippen molar-refractivity contribution in [3.05, 3.63) is 35.9 Å². The third kappa shape index (κ3) is 3.85. The number of carbonyl (C=O) groups excluding carboxylic acids is 1. The molecule has 33 heavy (non-hydrogen) atoms. The molecule has 3 aromatic heterocycles. The molecule has 0 bridgehead atoms. The maximum atomic E-state index is 11.2. The second-order valence-electron chi connectivity index (χ2n) is 9.14. The molecule has 5 rings (SSSR count). The zero-order chi connectivity index (χ0) is 23.1. The number of piperidine rings is 1. The van der Waals surface area contributed by atoms with Gasteiger partial charge in [0.1, 0.15) is 22.9 Å². The van der Waals surface area contributed by atoms with Crippen molar-refractivity contribution in [1.82, 2.24) is 29.6 Å². The number of nitriles is 1. The number of aromatic nitrogens is 4. The number of pyridine rings is 1. The smallest absolute Gasteiger partial charge is 0.217 e. The summed E-state index contributed by atoms with van der Waals surface area (Å²) in [5.74, 6) is 0.692. The summed E-state index contributed by atoms with van der Waals surface area (Å²) < 4.78 is 9.43. The van der Waals surface area contributed by atoms with E-state index >= 15 is 0 Å². The van der Waals surface area contributed by atoms with E-state index in [9.17, 15) is 10.1 Å². The summed E-state index contributed by atoms with van der Waals surface area (Å²) in [6.45, 7) is 5.81. The number of hydrogen-bond acceptors (Lipinski definition) is 6. The molecule has 0 unspecified atom stereocenters. The van der Waals surface area contributed by atoms with Crippen molar-refractivity contribution in [1.29, 1.82) is 5.26 Å². The summed E-state index contributed by atoms with van der Waals surface area (Å²) in [5.41, 5.74) is 4.30. The molecule has 9 heteroatoms. The first-order chi connectivity index (χ1) is 16.0. The van der Waals surface area contributed by atoms with E-state index in [1.54, 1.807) is 24.7 Å². The van der Waals surface area contributed by atoms with E-state index in [0.29, 0.717) is 35.0 Å². The number of rotatable bonds is 5. The van der Waals surface area contributed by atoms with Crippen LogP contribution in [0.4, 0.5) is 0 Å². The Morgan fingerprint density at radius 1 is 1.21 bits per heavy atom. The first kappa shape index (κ1) is 21.5. The molecule has 1 N–H and O–H groups in total. The zero-order valence-corrected chi connectivity index (χ0v) is 19.3. The summed E-state index contributed by atoms with van der Waals surface area (Å²) in [7, 11) is 1.61. The quantitative estimate of drug-likeness (QED) is 0.645. The van der Waals surface area contributed by atoms with Crippen molar-refractivity contribution >= 4 is 11.4 Å². The second kappa shape index (κ2) is 8.52. The van der Waals surface area contributed by atoms with Crippen molar-refractivity contribution in [2.24, 2.45) is 0 Å². The predicted molar refractivity (Wildman–Crippen MR) is 123 cm³/mol. The average Bonchev–Trinajstić information content (AvgIpc) is 3.38. The molecule has 0 aromatic carbocycles. The largest absolute Gasteiger partial charge is 0.494 e. The van der Waals surface area contributed by atoms with E-state index < -0.39 is 0 Å². The second-order valence-corrected chi connectivity index (χ2v) is 9.14. The Labute approximate surface area is 192 Å². The van der Waals surface area contributed by atoms with Gasteiger partial charge in [-0.1, -0.05) is 0 Å². The van der Waals surface area contributed by atoms with Gasteiger partial charge in [0.05, 0.1) is 25.5 Å². The molecule has 4 heterocycles. The molecule has 1 saturated carbocycles. The molecule has 1 saturated heterocycles. The highest BCUT2D eigenvalue weighted by Gasteiger charge is 2.36. The van der Waals surface area contributed by atoms with E-state index in [1.165, 1.54) is 0 Å². The molecule has 172 valence electrons. The third-order valence-electron chi connectivity index (χ3n) is 7.15. The van der Waals surface area contributed by atoms with Crippen LogP contribution in [0.1, 0.15) is 49.9 Å². The van der Waals surface area contributed by atoms with Crippen LogP contribution in [0.3, 0.4) is 0 Å². The Hall–Kier alpha value is -3.38. The molecule has 1 aliphatic heterocycles. The number of nitrogens with one attached hydrogen (secondary N) is 1. The Morgan fingerprint density at radius 3 is 2.64 bits per heavy atom. The minimum atomic E-state index is 0.0666. The fraction of sp³-hybridized carbons (Fsp3) is 0.500. The first-order valence-corrected chi connectivity index (χ1v) is 11.5. The summed E-state index contributed by atoms with van der Waals surface area (Å²) in [5, 5.41) is 21.4. The number of methoxy groups -OCH3 is 1. The standard InChI is InChI=1S/C24H29N7O2/c1-15-22(17-8-23(33-3)24-18(11-25)12-26-30(24)14-17)13-27-31(15)20-4-6-29(7-5-20)21-9-19(10-21)28-16(2)32/h8,12-14,19-21H,4-7,9-10H2,1-3H3,(H,28,32). The lowest BCUT2D eigenvalue weighted by atomic mass is 9.84. The van der Waals surface area contributed by atoms with Crippen molar-refractivity contribution in [2.75, 3.05) is 20.2 Å². The number of nitrogens with zero attached hydrogens (tertiary/aromatic N) is 6. The molecule has 0 spiro atoms.